The molecular formula is C17H21NO3. The number of amides is 1. The summed E-state index contributed by atoms with van der Waals surface area (Å²) in [5.74, 6) is 0.0822. The Bertz CT molecular complexity index is 588. The van der Waals surface area contributed by atoms with Gasteiger partial charge in [-0.3, -0.25) is 9.59 Å². The van der Waals surface area contributed by atoms with Crippen molar-refractivity contribution in [2.75, 3.05) is 11.5 Å². The number of esters is 1. The molecule has 0 aliphatic carbocycles. The minimum atomic E-state index is -0.497. The summed E-state index contributed by atoms with van der Waals surface area (Å²) in [6.07, 6.45) is 1.42. The van der Waals surface area contributed by atoms with Gasteiger partial charge in [-0.15, -0.1) is 0 Å². The topological polar surface area (TPSA) is 46.6 Å². The van der Waals surface area contributed by atoms with Crippen molar-refractivity contribution in [3.8, 4) is 0 Å². The highest BCUT2D eigenvalue weighted by atomic mass is 16.5. The molecule has 3 rings (SSSR count). The van der Waals surface area contributed by atoms with Crippen molar-refractivity contribution in [2.45, 2.75) is 45.6 Å². The average Bonchev–Trinajstić information content (AvgIpc) is 2.94. The number of rotatable bonds is 2. The fraction of sp³-hybridized carbons (Fsp3) is 0.529. The first-order valence-electron chi connectivity index (χ1n) is 7.48. The number of hydrogen-bond acceptors (Lipinski definition) is 3. The maximum atomic E-state index is 12.1. The molecule has 21 heavy (non-hydrogen) atoms. The normalized spacial score (nSPS) is 24.0. The van der Waals surface area contributed by atoms with Crippen LogP contribution in [0.25, 0.3) is 0 Å². The van der Waals surface area contributed by atoms with Crippen molar-refractivity contribution in [1.29, 1.82) is 0 Å². The fourth-order valence-corrected chi connectivity index (χ4v) is 3.21. The molecule has 1 fully saturated rings. The Morgan fingerprint density at radius 3 is 2.76 bits per heavy atom. The van der Waals surface area contributed by atoms with E-state index >= 15 is 0 Å². The van der Waals surface area contributed by atoms with E-state index in [1.807, 2.05) is 49.9 Å². The van der Waals surface area contributed by atoms with Gasteiger partial charge in [-0.1, -0.05) is 18.2 Å². The molecule has 1 aromatic rings. The molecule has 2 aliphatic heterocycles. The molecule has 0 bridgehead atoms. The highest BCUT2D eigenvalue weighted by molar-refractivity contribution is 5.99. The van der Waals surface area contributed by atoms with Crippen LogP contribution in [0.4, 0.5) is 5.69 Å². The summed E-state index contributed by atoms with van der Waals surface area (Å²) in [6.45, 7) is 5.90. The molecule has 1 amide bonds. The van der Waals surface area contributed by atoms with Crippen LogP contribution >= 0.6 is 0 Å². The van der Waals surface area contributed by atoms with Gasteiger partial charge >= 0.3 is 5.97 Å². The van der Waals surface area contributed by atoms with E-state index in [0.29, 0.717) is 13.0 Å². The summed E-state index contributed by atoms with van der Waals surface area (Å²) in [5.41, 5.74) is 1.61. The molecule has 2 atom stereocenters. The largest absolute Gasteiger partial charge is 0.465 e. The number of ether oxygens (including phenoxy) is 1. The molecule has 1 aromatic carbocycles. The second-order valence-corrected chi connectivity index (χ2v) is 6.88. The first-order valence-corrected chi connectivity index (χ1v) is 7.48. The van der Waals surface area contributed by atoms with E-state index in [4.69, 9.17) is 4.74 Å². The minimum absolute atomic E-state index is 0.0962. The van der Waals surface area contributed by atoms with E-state index < -0.39 is 5.41 Å². The van der Waals surface area contributed by atoms with Gasteiger partial charge in [-0.25, -0.2) is 0 Å². The average molecular weight is 287 g/mol. The molecule has 0 radical (unpaired) electrons. The van der Waals surface area contributed by atoms with Crippen molar-refractivity contribution in [3.63, 3.8) is 0 Å². The third kappa shape index (κ3) is 2.33. The number of para-hydroxylation sites is 1. The van der Waals surface area contributed by atoms with Gasteiger partial charge in [-0.05, 0) is 38.8 Å². The lowest BCUT2D eigenvalue weighted by Gasteiger charge is -2.23. The molecule has 0 spiro atoms. The third-order valence-corrected chi connectivity index (χ3v) is 4.32. The summed E-state index contributed by atoms with van der Waals surface area (Å²) in [4.78, 5) is 26.0. The Labute approximate surface area is 125 Å². The Hall–Kier alpha value is -1.84. The molecule has 2 unspecified atom stereocenters. The molecule has 2 aliphatic rings. The van der Waals surface area contributed by atoms with Crippen molar-refractivity contribution >= 4 is 17.6 Å². The molecule has 4 heteroatoms. The summed E-state index contributed by atoms with van der Waals surface area (Å²) in [5, 5.41) is 0. The fourth-order valence-electron chi connectivity index (χ4n) is 3.21. The summed E-state index contributed by atoms with van der Waals surface area (Å²) >= 11 is 0. The Morgan fingerprint density at radius 1 is 1.33 bits per heavy atom. The SMILES string of the molecule is CC(C)(C)C(=O)OCC1c2ccccc2N2C(=O)CCC12. The van der Waals surface area contributed by atoms with Crippen molar-refractivity contribution in [1.82, 2.24) is 0 Å². The predicted octanol–water partition coefficient (Wildman–Crippen LogP) is 2.87. The van der Waals surface area contributed by atoms with Gasteiger partial charge in [-0.2, -0.15) is 0 Å². The van der Waals surface area contributed by atoms with Gasteiger partial charge in [0.1, 0.15) is 6.61 Å². The van der Waals surface area contributed by atoms with E-state index in [-0.39, 0.29) is 23.8 Å². The van der Waals surface area contributed by atoms with Crippen molar-refractivity contribution in [2.24, 2.45) is 5.41 Å². The monoisotopic (exact) mass is 287 g/mol. The first-order chi connectivity index (χ1) is 9.89. The molecule has 0 N–H and O–H groups in total. The van der Waals surface area contributed by atoms with Gasteiger partial charge in [0.05, 0.1) is 5.41 Å². The lowest BCUT2D eigenvalue weighted by atomic mass is 9.93. The highest BCUT2D eigenvalue weighted by Gasteiger charge is 2.45. The molecule has 112 valence electrons. The Balaban J connectivity index is 1.83. The summed E-state index contributed by atoms with van der Waals surface area (Å²) in [6, 6.07) is 8.09. The lowest BCUT2D eigenvalue weighted by Crippen LogP contribution is -2.33. The van der Waals surface area contributed by atoms with Gasteiger partial charge in [0.25, 0.3) is 0 Å². The van der Waals surface area contributed by atoms with Crippen LogP contribution in [0.1, 0.15) is 45.1 Å². The van der Waals surface area contributed by atoms with Crippen LogP contribution in [0.5, 0.6) is 0 Å². The van der Waals surface area contributed by atoms with Crippen LogP contribution in [0.3, 0.4) is 0 Å². The lowest BCUT2D eigenvalue weighted by molar-refractivity contribution is -0.153. The second kappa shape index (κ2) is 4.86. The molecule has 0 saturated carbocycles. The van der Waals surface area contributed by atoms with Gasteiger partial charge in [0.2, 0.25) is 5.91 Å². The molecular weight excluding hydrogens is 266 g/mol. The van der Waals surface area contributed by atoms with E-state index in [1.54, 1.807) is 0 Å². The highest BCUT2D eigenvalue weighted by Crippen LogP contribution is 2.46. The zero-order chi connectivity index (χ0) is 15.2. The van der Waals surface area contributed by atoms with Crippen LogP contribution < -0.4 is 4.90 Å². The van der Waals surface area contributed by atoms with Crippen LogP contribution in [0, 0.1) is 5.41 Å². The van der Waals surface area contributed by atoms with Gasteiger partial charge < -0.3 is 9.64 Å². The Morgan fingerprint density at radius 2 is 2.05 bits per heavy atom. The van der Waals surface area contributed by atoms with Crippen LogP contribution in [0.2, 0.25) is 0 Å². The standard InChI is InChI=1S/C17H21NO3/c1-17(2,3)16(20)21-10-12-11-6-4-5-7-13(11)18-14(12)8-9-15(18)19/h4-7,12,14H,8-10H2,1-3H3. The maximum absolute atomic E-state index is 12.1. The Kier molecular flexibility index (Phi) is 3.27. The zero-order valence-electron chi connectivity index (χ0n) is 12.8. The third-order valence-electron chi connectivity index (χ3n) is 4.32. The quantitative estimate of drug-likeness (QED) is 0.786. The number of carbonyl (C=O) groups is 2. The first kappa shape index (κ1) is 14.1. The van der Waals surface area contributed by atoms with E-state index in [0.717, 1.165) is 17.7 Å². The van der Waals surface area contributed by atoms with E-state index in [9.17, 15) is 9.59 Å². The molecule has 4 nitrogen and oxygen atoms in total. The summed E-state index contributed by atoms with van der Waals surface area (Å²) < 4.78 is 5.51. The number of anilines is 1. The van der Waals surface area contributed by atoms with Crippen LogP contribution in [-0.4, -0.2) is 24.5 Å². The van der Waals surface area contributed by atoms with E-state index in [1.165, 1.54) is 0 Å². The molecule has 2 heterocycles. The van der Waals surface area contributed by atoms with Crippen molar-refractivity contribution < 1.29 is 14.3 Å². The number of hydrogen-bond donors (Lipinski definition) is 0. The number of nitrogens with zero attached hydrogens (tertiary/aromatic N) is 1. The number of carbonyl (C=O) groups excluding carboxylic acids is 2. The van der Waals surface area contributed by atoms with Gasteiger partial charge in [0.15, 0.2) is 0 Å². The minimum Gasteiger partial charge on any atom is -0.465 e. The van der Waals surface area contributed by atoms with E-state index in [2.05, 4.69) is 0 Å². The zero-order valence-corrected chi connectivity index (χ0v) is 12.8. The van der Waals surface area contributed by atoms with Crippen molar-refractivity contribution in [3.05, 3.63) is 29.8 Å². The van der Waals surface area contributed by atoms with Gasteiger partial charge in [0, 0.05) is 24.1 Å². The number of benzene rings is 1. The smallest absolute Gasteiger partial charge is 0.311 e. The van der Waals surface area contributed by atoms with Crippen LogP contribution in [0.15, 0.2) is 24.3 Å². The summed E-state index contributed by atoms with van der Waals surface area (Å²) in [7, 11) is 0. The second-order valence-electron chi connectivity index (χ2n) is 6.88. The molecule has 1 saturated heterocycles. The van der Waals surface area contributed by atoms with Crippen LogP contribution in [-0.2, 0) is 14.3 Å². The maximum Gasteiger partial charge on any atom is 0.311 e. The predicted molar refractivity (Wildman–Crippen MR) is 80.1 cm³/mol. The number of fused-ring (bicyclic) bond motifs is 3. The molecule has 0 aromatic heterocycles.